The molecule has 15 heavy (non-hydrogen) atoms. The van der Waals surface area contributed by atoms with Crippen molar-refractivity contribution in [1.82, 2.24) is 0 Å². The topological polar surface area (TPSA) is 20.2 Å². The van der Waals surface area contributed by atoms with Crippen molar-refractivity contribution >= 4 is 21.6 Å². The summed E-state index contributed by atoms with van der Waals surface area (Å²) in [5.41, 5.74) is 0. The Balaban J connectivity index is 2.92. The lowest BCUT2D eigenvalue weighted by Gasteiger charge is -2.06. The Hall–Kier alpha value is 0.660. The second-order valence-electron chi connectivity index (χ2n) is 3.94. The van der Waals surface area contributed by atoms with Crippen LogP contribution in [-0.2, 0) is 0 Å². The summed E-state index contributed by atoms with van der Waals surface area (Å²) in [6.45, 7) is 4.29. The summed E-state index contributed by atoms with van der Waals surface area (Å²) < 4.78 is 0. The number of hydrogen-bond donors (Lipinski definition) is 1. The SMILES string of the molecule is CCCCCCCCSSCC(O)CC. The maximum absolute atomic E-state index is 9.32. The minimum Gasteiger partial charge on any atom is -0.392 e. The van der Waals surface area contributed by atoms with E-state index in [1.807, 2.05) is 28.5 Å². The molecular weight excluding hydrogens is 224 g/mol. The molecule has 0 aliphatic carbocycles. The molecule has 0 aliphatic heterocycles. The van der Waals surface area contributed by atoms with Gasteiger partial charge in [-0.1, -0.05) is 67.5 Å². The van der Waals surface area contributed by atoms with E-state index in [1.165, 1.54) is 44.3 Å². The second-order valence-corrected chi connectivity index (χ2v) is 6.56. The van der Waals surface area contributed by atoms with Crippen molar-refractivity contribution in [2.45, 2.75) is 64.9 Å². The molecule has 0 aromatic rings. The molecule has 3 heteroatoms. The number of hydrogen-bond acceptors (Lipinski definition) is 3. The third-order valence-electron chi connectivity index (χ3n) is 2.40. The van der Waals surface area contributed by atoms with Crippen LogP contribution in [-0.4, -0.2) is 22.7 Å². The minimum absolute atomic E-state index is 0.105. The predicted octanol–water partition coefficient (Wildman–Crippen LogP) is 4.50. The van der Waals surface area contributed by atoms with Crippen LogP contribution in [0.25, 0.3) is 0 Å². The first kappa shape index (κ1) is 15.7. The van der Waals surface area contributed by atoms with Crippen LogP contribution in [0.15, 0.2) is 0 Å². The normalized spacial score (nSPS) is 13.0. The van der Waals surface area contributed by atoms with Gasteiger partial charge >= 0.3 is 0 Å². The van der Waals surface area contributed by atoms with Gasteiger partial charge < -0.3 is 5.11 Å². The fourth-order valence-corrected chi connectivity index (χ4v) is 3.64. The van der Waals surface area contributed by atoms with Gasteiger partial charge in [-0.15, -0.1) is 0 Å². The summed E-state index contributed by atoms with van der Waals surface area (Å²) in [7, 11) is 3.74. The summed E-state index contributed by atoms with van der Waals surface area (Å²) >= 11 is 0. The minimum atomic E-state index is -0.105. The molecule has 0 aliphatic rings. The third-order valence-corrected chi connectivity index (χ3v) is 4.95. The Bertz CT molecular complexity index is 120. The van der Waals surface area contributed by atoms with Crippen LogP contribution in [0.1, 0.15) is 58.8 Å². The molecule has 0 bridgehead atoms. The smallest absolute Gasteiger partial charge is 0.0636 e. The monoisotopic (exact) mass is 250 g/mol. The van der Waals surface area contributed by atoms with E-state index < -0.39 is 0 Å². The molecule has 0 saturated heterocycles. The summed E-state index contributed by atoms with van der Waals surface area (Å²) in [6, 6.07) is 0. The maximum Gasteiger partial charge on any atom is 0.0636 e. The predicted molar refractivity (Wildman–Crippen MR) is 74.6 cm³/mol. The quantitative estimate of drug-likeness (QED) is 0.431. The molecule has 0 rings (SSSR count). The molecule has 0 amide bonds. The average molecular weight is 250 g/mol. The summed E-state index contributed by atoms with van der Waals surface area (Å²) in [5, 5.41) is 9.32. The molecule has 0 spiro atoms. The number of aliphatic hydroxyl groups is 1. The van der Waals surface area contributed by atoms with E-state index in [1.54, 1.807) is 0 Å². The van der Waals surface area contributed by atoms with Crippen LogP contribution in [0.5, 0.6) is 0 Å². The number of rotatable bonds is 11. The van der Waals surface area contributed by atoms with Gasteiger partial charge in [0.15, 0.2) is 0 Å². The Morgan fingerprint density at radius 1 is 0.933 bits per heavy atom. The molecule has 1 nitrogen and oxygen atoms in total. The first-order chi connectivity index (χ1) is 7.31. The van der Waals surface area contributed by atoms with E-state index >= 15 is 0 Å². The Labute approximate surface area is 103 Å². The van der Waals surface area contributed by atoms with Gasteiger partial charge in [0.25, 0.3) is 0 Å². The standard InChI is InChI=1S/C12H26OS2/c1-3-5-6-7-8-9-10-14-15-11-12(13)4-2/h12-13H,3-11H2,1-2H3. The van der Waals surface area contributed by atoms with Gasteiger partial charge in [0.05, 0.1) is 6.10 Å². The second kappa shape index (κ2) is 12.7. The van der Waals surface area contributed by atoms with Crippen molar-refractivity contribution < 1.29 is 5.11 Å². The van der Waals surface area contributed by atoms with E-state index in [0.29, 0.717) is 0 Å². The molecule has 0 heterocycles. The van der Waals surface area contributed by atoms with Gasteiger partial charge in [0.2, 0.25) is 0 Å². The zero-order chi connectivity index (χ0) is 11.4. The molecule has 1 unspecified atom stereocenters. The highest BCUT2D eigenvalue weighted by Crippen LogP contribution is 2.24. The zero-order valence-corrected chi connectivity index (χ0v) is 11.8. The highest BCUT2D eigenvalue weighted by Gasteiger charge is 2.00. The van der Waals surface area contributed by atoms with Gasteiger partial charge in [-0.3, -0.25) is 0 Å². The van der Waals surface area contributed by atoms with Gasteiger partial charge in [-0.05, 0) is 12.8 Å². The summed E-state index contributed by atoms with van der Waals surface area (Å²) in [5.74, 6) is 2.13. The van der Waals surface area contributed by atoms with Crippen LogP contribution < -0.4 is 0 Å². The molecular formula is C12H26OS2. The van der Waals surface area contributed by atoms with Gasteiger partial charge in [0, 0.05) is 11.5 Å². The van der Waals surface area contributed by atoms with Crippen LogP contribution in [0, 0.1) is 0 Å². The van der Waals surface area contributed by atoms with Gasteiger partial charge in [-0.2, -0.15) is 0 Å². The van der Waals surface area contributed by atoms with E-state index in [2.05, 4.69) is 6.92 Å². The Kier molecular flexibility index (Phi) is 13.3. The van der Waals surface area contributed by atoms with Crippen LogP contribution >= 0.6 is 21.6 Å². The average Bonchev–Trinajstić information content (AvgIpc) is 2.26. The van der Waals surface area contributed by atoms with E-state index in [-0.39, 0.29) is 6.10 Å². The lowest BCUT2D eigenvalue weighted by molar-refractivity contribution is 0.195. The van der Waals surface area contributed by atoms with E-state index in [9.17, 15) is 5.11 Å². The van der Waals surface area contributed by atoms with Crippen molar-refractivity contribution in [3.63, 3.8) is 0 Å². The molecule has 0 aromatic heterocycles. The largest absolute Gasteiger partial charge is 0.392 e. The summed E-state index contributed by atoms with van der Waals surface area (Å²) in [4.78, 5) is 0. The lowest BCUT2D eigenvalue weighted by atomic mass is 10.1. The molecule has 0 radical (unpaired) electrons. The highest BCUT2D eigenvalue weighted by atomic mass is 33.1. The van der Waals surface area contributed by atoms with Crippen molar-refractivity contribution in [2.75, 3.05) is 11.5 Å². The van der Waals surface area contributed by atoms with Crippen LogP contribution in [0.3, 0.4) is 0 Å². The molecule has 1 N–H and O–H groups in total. The zero-order valence-electron chi connectivity index (χ0n) is 10.2. The molecule has 0 aromatic carbocycles. The Morgan fingerprint density at radius 2 is 1.60 bits per heavy atom. The van der Waals surface area contributed by atoms with E-state index in [0.717, 1.165) is 12.2 Å². The number of aliphatic hydroxyl groups excluding tert-OH is 1. The molecule has 1 atom stereocenters. The lowest BCUT2D eigenvalue weighted by Crippen LogP contribution is -2.06. The van der Waals surface area contributed by atoms with Crippen LogP contribution in [0.2, 0.25) is 0 Å². The molecule has 92 valence electrons. The first-order valence-corrected chi connectivity index (χ1v) is 8.72. The third kappa shape index (κ3) is 12.6. The first-order valence-electron chi connectivity index (χ1n) is 6.23. The fourth-order valence-electron chi connectivity index (χ4n) is 1.24. The Morgan fingerprint density at radius 3 is 2.27 bits per heavy atom. The van der Waals surface area contributed by atoms with Crippen molar-refractivity contribution in [1.29, 1.82) is 0 Å². The molecule has 0 saturated carbocycles. The van der Waals surface area contributed by atoms with Gasteiger partial charge in [-0.25, -0.2) is 0 Å². The fraction of sp³-hybridized carbons (Fsp3) is 1.00. The maximum atomic E-state index is 9.32. The summed E-state index contributed by atoms with van der Waals surface area (Å²) in [6.07, 6.45) is 9.02. The van der Waals surface area contributed by atoms with Crippen molar-refractivity contribution in [2.24, 2.45) is 0 Å². The number of unbranched alkanes of at least 4 members (excludes halogenated alkanes) is 5. The van der Waals surface area contributed by atoms with Gasteiger partial charge in [0.1, 0.15) is 0 Å². The molecule has 0 fully saturated rings. The van der Waals surface area contributed by atoms with Crippen molar-refractivity contribution in [3.05, 3.63) is 0 Å². The highest BCUT2D eigenvalue weighted by molar-refractivity contribution is 8.76. The van der Waals surface area contributed by atoms with Crippen LogP contribution in [0.4, 0.5) is 0 Å². The van der Waals surface area contributed by atoms with Crippen molar-refractivity contribution in [3.8, 4) is 0 Å². The van der Waals surface area contributed by atoms with E-state index in [4.69, 9.17) is 0 Å².